The number of halogens is 1. The van der Waals surface area contributed by atoms with Crippen LogP contribution in [-0.4, -0.2) is 58.4 Å². The van der Waals surface area contributed by atoms with E-state index in [2.05, 4.69) is 44.8 Å². The molecule has 7 nitrogen and oxygen atoms in total. The Morgan fingerprint density at radius 2 is 1.65 bits per heavy atom. The lowest BCUT2D eigenvalue weighted by Crippen LogP contribution is -2.37. The van der Waals surface area contributed by atoms with E-state index in [9.17, 15) is 0 Å². The number of rotatable bonds is 8. The summed E-state index contributed by atoms with van der Waals surface area (Å²) in [6.45, 7) is 5.88. The summed E-state index contributed by atoms with van der Waals surface area (Å²) in [4.78, 5) is 6.79. The molecule has 0 radical (unpaired) electrons. The van der Waals surface area contributed by atoms with E-state index < -0.39 is 0 Å². The average molecular weight is 540 g/mol. The molecule has 0 amide bonds. The summed E-state index contributed by atoms with van der Waals surface area (Å²) >= 11 is 0. The normalized spacial score (nSPS) is 14.5. The van der Waals surface area contributed by atoms with Gasteiger partial charge >= 0.3 is 0 Å². The minimum absolute atomic E-state index is 0. The van der Waals surface area contributed by atoms with Crippen LogP contribution >= 0.6 is 24.0 Å². The highest BCUT2D eigenvalue weighted by Gasteiger charge is 2.13. The van der Waals surface area contributed by atoms with Gasteiger partial charge in [0.25, 0.3) is 0 Å². The van der Waals surface area contributed by atoms with Crippen molar-refractivity contribution in [2.45, 2.75) is 19.6 Å². The van der Waals surface area contributed by atoms with Crippen molar-refractivity contribution in [3.63, 3.8) is 0 Å². The van der Waals surface area contributed by atoms with Crippen molar-refractivity contribution in [3.05, 3.63) is 59.2 Å². The number of morpholine rings is 1. The van der Waals surface area contributed by atoms with Gasteiger partial charge in [-0.05, 0) is 28.8 Å². The van der Waals surface area contributed by atoms with Gasteiger partial charge in [-0.25, -0.2) is 0 Å². The lowest BCUT2D eigenvalue weighted by molar-refractivity contribution is 0.0341. The van der Waals surface area contributed by atoms with Gasteiger partial charge in [-0.15, -0.1) is 24.0 Å². The molecule has 0 unspecified atom stereocenters. The van der Waals surface area contributed by atoms with Gasteiger partial charge in [-0.2, -0.15) is 0 Å². The number of guanidine groups is 1. The molecule has 2 aromatic carbocycles. The van der Waals surface area contributed by atoms with Crippen LogP contribution in [0.2, 0.25) is 0 Å². The molecule has 0 atom stereocenters. The highest BCUT2D eigenvalue weighted by Crippen LogP contribution is 2.27. The molecule has 170 valence electrons. The van der Waals surface area contributed by atoms with Gasteiger partial charge in [0.1, 0.15) is 0 Å². The van der Waals surface area contributed by atoms with Crippen molar-refractivity contribution in [2.75, 3.05) is 47.6 Å². The minimum Gasteiger partial charge on any atom is -0.493 e. The van der Waals surface area contributed by atoms with E-state index in [4.69, 9.17) is 14.2 Å². The number of benzene rings is 2. The molecule has 1 saturated heterocycles. The maximum Gasteiger partial charge on any atom is 0.191 e. The van der Waals surface area contributed by atoms with Gasteiger partial charge in [-0.1, -0.05) is 30.3 Å². The second kappa shape index (κ2) is 13.4. The van der Waals surface area contributed by atoms with Crippen LogP contribution in [0.15, 0.2) is 47.5 Å². The third-order valence-electron chi connectivity index (χ3n) is 5.19. The highest BCUT2D eigenvalue weighted by molar-refractivity contribution is 14.0. The molecule has 1 aliphatic rings. The summed E-state index contributed by atoms with van der Waals surface area (Å²) in [7, 11) is 5.06. The SMILES string of the molecule is CN=C(NCc1ccc(OC)c(OC)c1)NCc1ccccc1CN1CCOCC1.I. The number of ether oxygens (including phenoxy) is 3. The van der Waals surface area contributed by atoms with Crippen LogP contribution in [0, 0.1) is 0 Å². The summed E-state index contributed by atoms with van der Waals surface area (Å²) in [6, 6.07) is 14.4. The Hall–Kier alpha value is -2.04. The van der Waals surface area contributed by atoms with Crippen LogP contribution < -0.4 is 20.1 Å². The summed E-state index contributed by atoms with van der Waals surface area (Å²) in [5.74, 6) is 2.20. The van der Waals surface area contributed by atoms with Crippen molar-refractivity contribution in [3.8, 4) is 11.5 Å². The molecule has 0 bridgehead atoms. The zero-order chi connectivity index (χ0) is 21.2. The summed E-state index contributed by atoms with van der Waals surface area (Å²) < 4.78 is 16.1. The van der Waals surface area contributed by atoms with Gasteiger partial charge < -0.3 is 24.8 Å². The molecular weight excluding hydrogens is 507 g/mol. The summed E-state index contributed by atoms with van der Waals surface area (Å²) in [5, 5.41) is 6.79. The average Bonchev–Trinajstić information content (AvgIpc) is 2.80. The molecule has 1 aliphatic heterocycles. The fraction of sp³-hybridized carbons (Fsp3) is 0.435. The standard InChI is InChI=1S/C23H32N4O3.HI/c1-24-23(25-15-18-8-9-21(28-2)22(14-18)29-3)26-16-19-6-4-5-7-20(19)17-27-10-12-30-13-11-27;/h4-9,14H,10-13,15-17H2,1-3H3,(H2,24,25,26);1H. The zero-order valence-electron chi connectivity index (χ0n) is 18.5. The second-order valence-electron chi connectivity index (χ2n) is 7.13. The topological polar surface area (TPSA) is 67.4 Å². The lowest BCUT2D eigenvalue weighted by Gasteiger charge is -2.27. The van der Waals surface area contributed by atoms with Crippen molar-refractivity contribution < 1.29 is 14.2 Å². The smallest absolute Gasteiger partial charge is 0.191 e. The maximum absolute atomic E-state index is 5.46. The van der Waals surface area contributed by atoms with E-state index in [-0.39, 0.29) is 24.0 Å². The highest BCUT2D eigenvalue weighted by atomic mass is 127. The fourth-order valence-electron chi connectivity index (χ4n) is 3.46. The van der Waals surface area contributed by atoms with Crippen LogP contribution in [0.5, 0.6) is 11.5 Å². The molecule has 1 fully saturated rings. The first-order chi connectivity index (χ1) is 14.7. The zero-order valence-corrected chi connectivity index (χ0v) is 20.8. The number of nitrogens with zero attached hydrogens (tertiary/aromatic N) is 2. The predicted molar refractivity (Wildman–Crippen MR) is 135 cm³/mol. The van der Waals surface area contributed by atoms with E-state index in [1.165, 1.54) is 11.1 Å². The van der Waals surface area contributed by atoms with E-state index in [0.29, 0.717) is 13.1 Å². The Morgan fingerprint density at radius 1 is 0.968 bits per heavy atom. The van der Waals surface area contributed by atoms with Crippen molar-refractivity contribution >= 4 is 29.9 Å². The van der Waals surface area contributed by atoms with E-state index >= 15 is 0 Å². The lowest BCUT2D eigenvalue weighted by atomic mass is 10.1. The molecule has 0 aromatic heterocycles. The van der Waals surface area contributed by atoms with Crippen molar-refractivity contribution in [1.82, 2.24) is 15.5 Å². The number of hydrogen-bond acceptors (Lipinski definition) is 5. The third kappa shape index (κ3) is 7.55. The Morgan fingerprint density at radius 3 is 2.32 bits per heavy atom. The van der Waals surface area contributed by atoms with Gasteiger partial charge in [0, 0.05) is 39.8 Å². The quantitative estimate of drug-likeness (QED) is 0.305. The molecule has 31 heavy (non-hydrogen) atoms. The first kappa shape index (κ1) is 25.2. The Bertz CT molecular complexity index is 841. The first-order valence-corrected chi connectivity index (χ1v) is 10.3. The summed E-state index contributed by atoms with van der Waals surface area (Å²) in [6.07, 6.45) is 0. The molecule has 3 rings (SSSR count). The van der Waals surface area contributed by atoms with Crippen LogP contribution in [-0.2, 0) is 24.4 Å². The number of methoxy groups -OCH3 is 2. The van der Waals surface area contributed by atoms with Gasteiger partial charge in [0.05, 0.1) is 27.4 Å². The molecule has 2 N–H and O–H groups in total. The van der Waals surface area contributed by atoms with E-state index in [1.807, 2.05) is 18.2 Å². The molecule has 0 spiro atoms. The number of hydrogen-bond donors (Lipinski definition) is 2. The molecule has 0 aliphatic carbocycles. The van der Waals surface area contributed by atoms with Crippen LogP contribution in [0.1, 0.15) is 16.7 Å². The monoisotopic (exact) mass is 540 g/mol. The number of nitrogens with one attached hydrogen (secondary N) is 2. The largest absolute Gasteiger partial charge is 0.493 e. The molecule has 1 heterocycles. The minimum atomic E-state index is 0. The summed E-state index contributed by atoms with van der Waals surface area (Å²) in [5.41, 5.74) is 3.70. The third-order valence-corrected chi connectivity index (χ3v) is 5.19. The van der Waals surface area contributed by atoms with Gasteiger partial charge in [-0.3, -0.25) is 9.89 Å². The molecule has 2 aromatic rings. The maximum atomic E-state index is 5.46. The molecule has 0 saturated carbocycles. The van der Waals surface area contributed by atoms with Gasteiger partial charge in [0.2, 0.25) is 0 Å². The molecule has 8 heteroatoms. The Labute approximate surface area is 202 Å². The van der Waals surface area contributed by atoms with E-state index in [1.54, 1.807) is 21.3 Å². The van der Waals surface area contributed by atoms with Gasteiger partial charge in [0.15, 0.2) is 17.5 Å². The van der Waals surface area contributed by atoms with E-state index in [0.717, 1.165) is 55.9 Å². The second-order valence-corrected chi connectivity index (χ2v) is 7.13. The van der Waals surface area contributed by atoms with Crippen LogP contribution in [0.4, 0.5) is 0 Å². The Balaban J connectivity index is 0.00000341. The predicted octanol–water partition coefficient (Wildman–Crippen LogP) is 3.02. The number of aliphatic imine (C=N–C) groups is 1. The molecular formula is C23H33IN4O3. The fourth-order valence-corrected chi connectivity index (χ4v) is 3.46. The van der Waals surface area contributed by atoms with Crippen molar-refractivity contribution in [2.24, 2.45) is 4.99 Å². The van der Waals surface area contributed by atoms with Crippen LogP contribution in [0.3, 0.4) is 0 Å². The first-order valence-electron chi connectivity index (χ1n) is 10.3. The Kier molecular flexibility index (Phi) is 10.9. The van der Waals surface area contributed by atoms with Crippen molar-refractivity contribution in [1.29, 1.82) is 0 Å². The van der Waals surface area contributed by atoms with Crippen LogP contribution in [0.25, 0.3) is 0 Å².